The fourth-order valence-electron chi connectivity index (χ4n) is 2.56. The molecule has 1 aliphatic rings. The van der Waals surface area contributed by atoms with Gasteiger partial charge in [0, 0.05) is 6.54 Å². The number of benzene rings is 1. The Kier molecular flexibility index (Phi) is 3.87. The molecular weight excluding hydrogens is 264 g/mol. The molecule has 1 aromatic carbocycles. The highest BCUT2D eigenvalue weighted by molar-refractivity contribution is 5.52. The molecule has 0 saturated carbocycles. The van der Waals surface area contributed by atoms with Crippen molar-refractivity contribution in [2.24, 2.45) is 0 Å². The van der Waals surface area contributed by atoms with Crippen LogP contribution in [0.15, 0.2) is 30.3 Å². The molecule has 1 aliphatic heterocycles. The summed E-state index contributed by atoms with van der Waals surface area (Å²) in [5.74, 6) is 0.479. The minimum Gasteiger partial charge on any atom is -0.368 e. The molecule has 0 aliphatic carbocycles. The third kappa shape index (κ3) is 3.22. The quantitative estimate of drug-likeness (QED) is 0.889. The second-order valence-corrected chi connectivity index (χ2v) is 5.24. The zero-order valence-electron chi connectivity index (χ0n) is 11.9. The summed E-state index contributed by atoms with van der Waals surface area (Å²) in [6, 6.07) is 7.99. The molecule has 3 rings (SSSR count). The van der Waals surface area contributed by atoms with Crippen molar-refractivity contribution >= 4 is 18.0 Å². The smallest absolute Gasteiger partial charge is 0.241 e. The zero-order valence-corrected chi connectivity index (χ0v) is 11.9. The van der Waals surface area contributed by atoms with Crippen molar-refractivity contribution in [2.45, 2.75) is 12.8 Å². The lowest BCUT2D eigenvalue weighted by molar-refractivity contribution is 0.378. The van der Waals surface area contributed by atoms with Crippen LogP contribution < -0.4 is 11.5 Å². The summed E-state index contributed by atoms with van der Waals surface area (Å²) in [5.41, 5.74) is 13.3. The summed E-state index contributed by atoms with van der Waals surface area (Å²) < 4.78 is 1.53. The zero-order chi connectivity index (χ0) is 14.7. The van der Waals surface area contributed by atoms with Crippen LogP contribution in [0.1, 0.15) is 18.4 Å². The first-order valence-electron chi connectivity index (χ1n) is 7.20. The van der Waals surface area contributed by atoms with Crippen LogP contribution in [0, 0.1) is 0 Å². The van der Waals surface area contributed by atoms with Crippen LogP contribution in [-0.4, -0.2) is 39.3 Å². The van der Waals surface area contributed by atoms with Gasteiger partial charge in [-0.15, -0.1) is 5.10 Å². The highest BCUT2D eigenvalue weighted by Gasteiger charge is 2.08. The summed E-state index contributed by atoms with van der Waals surface area (Å²) in [7, 11) is 0. The number of hydrogen-bond acceptors (Lipinski definition) is 5. The van der Waals surface area contributed by atoms with E-state index < -0.39 is 0 Å². The molecule has 4 N–H and O–H groups in total. The summed E-state index contributed by atoms with van der Waals surface area (Å²) in [6.07, 6.45) is 7.00. The number of nitrogens with zero attached hydrogens (tertiary/aromatic N) is 4. The average Bonchev–Trinajstić information content (AvgIpc) is 3.09. The van der Waals surface area contributed by atoms with Crippen LogP contribution in [0.3, 0.4) is 0 Å². The number of likely N-dealkylation sites (tertiary alicyclic amines) is 1. The standard InChI is InChI=1S/C15H20N6/c16-14-18-15(17)21(19-14)13-7-5-12(6-8-13)4-3-11-20-9-1-2-10-20/h3-8H,1-2,9-11H2,(H4,16,17,18,19). The minimum atomic E-state index is 0.182. The van der Waals surface area contributed by atoms with E-state index in [1.54, 1.807) is 0 Å². The lowest BCUT2D eigenvalue weighted by Crippen LogP contribution is -2.18. The fourth-order valence-corrected chi connectivity index (χ4v) is 2.56. The number of nitrogens with two attached hydrogens (primary N) is 2. The molecule has 1 saturated heterocycles. The second kappa shape index (κ2) is 5.97. The molecule has 1 aromatic heterocycles. The summed E-state index contributed by atoms with van der Waals surface area (Å²) >= 11 is 0. The summed E-state index contributed by atoms with van der Waals surface area (Å²) in [6.45, 7) is 3.46. The monoisotopic (exact) mass is 284 g/mol. The normalized spacial score (nSPS) is 16.0. The lowest BCUT2D eigenvalue weighted by Gasteiger charge is -2.10. The Morgan fingerprint density at radius 3 is 2.43 bits per heavy atom. The van der Waals surface area contributed by atoms with Gasteiger partial charge in [-0.1, -0.05) is 24.3 Å². The Labute approximate surface area is 124 Å². The average molecular weight is 284 g/mol. The van der Waals surface area contributed by atoms with Gasteiger partial charge in [0.05, 0.1) is 5.69 Å². The molecule has 1 fully saturated rings. The molecule has 0 atom stereocenters. The largest absolute Gasteiger partial charge is 0.368 e. The van der Waals surface area contributed by atoms with Crippen LogP contribution in [-0.2, 0) is 0 Å². The van der Waals surface area contributed by atoms with Gasteiger partial charge in [-0.25, -0.2) is 0 Å². The highest BCUT2D eigenvalue weighted by Crippen LogP contribution is 2.14. The van der Waals surface area contributed by atoms with Crippen molar-refractivity contribution in [3.63, 3.8) is 0 Å². The van der Waals surface area contributed by atoms with E-state index in [1.165, 1.54) is 30.6 Å². The van der Waals surface area contributed by atoms with Gasteiger partial charge in [0.25, 0.3) is 0 Å². The van der Waals surface area contributed by atoms with Crippen LogP contribution in [0.5, 0.6) is 0 Å². The molecule has 0 bridgehead atoms. The molecule has 2 heterocycles. The van der Waals surface area contributed by atoms with E-state index in [9.17, 15) is 0 Å². The Bertz CT molecular complexity index is 622. The van der Waals surface area contributed by atoms with E-state index in [-0.39, 0.29) is 5.95 Å². The van der Waals surface area contributed by atoms with Crippen molar-refractivity contribution < 1.29 is 0 Å². The molecule has 110 valence electrons. The van der Waals surface area contributed by atoms with E-state index in [4.69, 9.17) is 11.5 Å². The molecule has 0 amide bonds. The molecule has 21 heavy (non-hydrogen) atoms. The predicted octanol–water partition coefficient (Wildman–Crippen LogP) is 1.54. The van der Waals surface area contributed by atoms with Gasteiger partial charge in [0.15, 0.2) is 0 Å². The maximum absolute atomic E-state index is 5.75. The van der Waals surface area contributed by atoms with Crippen LogP contribution >= 0.6 is 0 Å². The molecule has 0 radical (unpaired) electrons. The van der Waals surface area contributed by atoms with Crippen LogP contribution in [0.2, 0.25) is 0 Å². The molecule has 2 aromatic rings. The number of anilines is 2. The van der Waals surface area contributed by atoms with Crippen molar-refractivity contribution in [1.29, 1.82) is 0 Å². The topological polar surface area (TPSA) is 86.0 Å². The number of aromatic nitrogens is 3. The Hall–Kier alpha value is -2.34. The first-order chi connectivity index (χ1) is 10.2. The Morgan fingerprint density at radius 1 is 1.10 bits per heavy atom. The van der Waals surface area contributed by atoms with E-state index in [0.29, 0.717) is 5.95 Å². The van der Waals surface area contributed by atoms with Gasteiger partial charge in [-0.05, 0) is 43.6 Å². The third-order valence-electron chi connectivity index (χ3n) is 3.66. The van der Waals surface area contributed by atoms with Gasteiger partial charge in [-0.2, -0.15) is 9.67 Å². The van der Waals surface area contributed by atoms with Gasteiger partial charge in [0.1, 0.15) is 0 Å². The molecular formula is C15H20N6. The van der Waals surface area contributed by atoms with Gasteiger partial charge >= 0.3 is 0 Å². The van der Waals surface area contributed by atoms with E-state index in [2.05, 4.69) is 27.1 Å². The lowest BCUT2D eigenvalue weighted by atomic mass is 10.2. The molecule has 0 spiro atoms. The van der Waals surface area contributed by atoms with Crippen molar-refractivity contribution in [2.75, 3.05) is 31.1 Å². The van der Waals surface area contributed by atoms with Gasteiger partial charge in [0.2, 0.25) is 11.9 Å². The second-order valence-electron chi connectivity index (χ2n) is 5.24. The first-order valence-corrected chi connectivity index (χ1v) is 7.20. The van der Waals surface area contributed by atoms with Crippen molar-refractivity contribution in [3.05, 3.63) is 35.9 Å². The van der Waals surface area contributed by atoms with Gasteiger partial charge < -0.3 is 11.5 Å². The van der Waals surface area contributed by atoms with E-state index in [1.807, 2.05) is 24.3 Å². The minimum absolute atomic E-state index is 0.182. The van der Waals surface area contributed by atoms with Crippen LogP contribution in [0.25, 0.3) is 11.8 Å². The summed E-state index contributed by atoms with van der Waals surface area (Å²) in [5, 5.41) is 4.06. The Morgan fingerprint density at radius 2 is 1.81 bits per heavy atom. The predicted molar refractivity (Wildman–Crippen MR) is 84.9 cm³/mol. The van der Waals surface area contributed by atoms with Crippen molar-refractivity contribution in [1.82, 2.24) is 19.7 Å². The molecule has 0 unspecified atom stereocenters. The van der Waals surface area contributed by atoms with Crippen LogP contribution in [0.4, 0.5) is 11.9 Å². The maximum atomic E-state index is 5.75. The highest BCUT2D eigenvalue weighted by atomic mass is 15.4. The van der Waals surface area contributed by atoms with E-state index >= 15 is 0 Å². The fraction of sp³-hybridized carbons (Fsp3) is 0.333. The van der Waals surface area contributed by atoms with Gasteiger partial charge in [-0.3, -0.25) is 4.90 Å². The third-order valence-corrected chi connectivity index (χ3v) is 3.66. The van der Waals surface area contributed by atoms with Crippen molar-refractivity contribution in [3.8, 4) is 5.69 Å². The number of rotatable bonds is 4. The SMILES string of the molecule is Nc1nc(N)n(-c2ccc(C=CCN3CCCC3)cc2)n1. The molecule has 6 nitrogen and oxygen atoms in total. The van der Waals surface area contributed by atoms with E-state index in [0.717, 1.165) is 17.8 Å². The number of hydrogen-bond donors (Lipinski definition) is 2. The molecule has 6 heteroatoms. The maximum Gasteiger partial charge on any atom is 0.241 e. The summed E-state index contributed by atoms with van der Waals surface area (Å²) in [4.78, 5) is 6.35. The Balaban J connectivity index is 1.66. The first kappa shape index (κ1) is 13.6. The number of nitrogen functional groups attached to an aromatic ring is 2.